The minimum atomic E-state index is -1.02. The molecule has 0 aliphatic carbocycles. The number of hydrogen-bond acceptors (Lipinski definition) is 0. The summed E-state index contributed by atoms with van der Waals surface area (Å²) in [5.74, 6) is 0. The molecule has 0 heterocycles. The molecule has 0 aliphatic heterocycles. The summed E-state index contributed by atoms with van der Waals surface area (Å²) >= 11 is 1.90. The Hall–Kier alpha value is 0.854. The van der Waals surface area contributed by atoms with Gasteiger partial charge in [-0.25, -0.2) is 0 Å². The van der Waals surface area contributed by atoms with Gasteiger partial charge in [-0.15, -0.1) is 17.0 Å². The third-order valence-corrected chi connectivity index (χ3v) is 1.50. The quantitative estimate of drug-likeness (QED) is 0.397. The molecule has 0 spiro atoms. The second-order valence-corrected chi connectivity index (χ2v) is 7.38. The molecule has 0 aromatic heterocycles. The number of hydrogen-bond donors (Lipinski definition) is 0. The van der Waals surface area contributed by atoms with E-state index in [-0.39, 0.29) is 17.0 Å². The zero-order chi connectivity index (χ0) is 5.91. The summed E-state index contributed by atoms with van der Waals surface area (Å²) in [6, 6.07) is 0. The fourth-order valence-corrected chi connectivity index (χ4v) is 1.12. The molecule has 3 heteroatoms. The van der Waals surface area contributed by atoms with E-state index in [0.29, 0.717) is 0 Å². The molecule has 0 bridgehead atoms. The zero-order valence-electron chi connectivity index (χ0n) is 5.91. The minimum absolute atomic E-state index is 0. The van der Waals surface area contributed by atoms with Crippen molar-refractivity contribution in [2.24, 2.45) is 0 Å². The molecule has 0 fully saturated rings. The topological polar surface area (TPSA) is 0 Å². The molecule has 0 aromatic rings. The van der Waals surface area contributed by atoms with Gasteiger partial charge in [0.2, 0.25) is 0 Å². The van der Waals surface area contributed by atoms with Crippen LogP contribution in [0, 0.1) is 10.1 Å². The van der Waals surface area contributed by atoms with Crippen molar-refractivity contribution in [3.8, 4) is 10.1 Å². The summed E-state index contributed by atoms with van der Waals surface area (Å²) in [5, 5.41) is 0. The Bertz CT molecular complexity index is 106. The Morgan fingerprint density at radius 3 is 1.62 bits per heavy atom. The van der Waals surface area contributed by atoms with Crippen LogP contribution in [-0.4, -0.2) is 25.8 Å². The fraction of sp³-hybridized carbons (Fsp3) is 0.600. The van der Waals surface area contributed by atoms with Gasteiger partial charge >= 0.3 is 55.6 Å². The predicted octanol–water partition coefficient (Wildman–Crippen LogP) is 1.57. The SMILES string of the molecule is Br.[Li][C]#C[Si](C)(C)C. The Labute approximate surface area is 72.4 Å². The van der Waals surface area contributed by atoms with Crippen LogP contribution in [0.5, 0.6) is 0 Å². The molecule has 0 atom stereocenters. The van der Waals surface area contributed by atoms with Gasteiger partial charge in [0, 0.05) is 0 Å². The van der Waals surface area contributed by atoms with Gasteiger partial charge in [0.25, 0.3) is 0 Å². The molecule has 0 N–H and O–H groups in total. The summed E-state index contributed by atoms with van der Waals surface area (Å²) < 4.78 is 2.92. The Balaban J connectivity index is 0. The van der Waals surface area contributed by atoms with Crippen LogP contribution < -0.4 is 0 Å². The first-order chi connectivity index (χ1) is 3.06. The molecule has 0 unspecified atom stereocenters. The molecule has 0 nitrogen and oxygen atoms in total. The molecule has 0 radical (unpaired) electrons. The van der Waals surface area contributed by atoms with Gasteiger partial charge in [0.15, 0.2) is 0 Å². The van der Waals surface area contributed by atoms with Crippen LogP contribution in [0.15, 0.2) is 0 Å². The van der Waals surface area contributed by atoms with Gasteiger partial charge in [0.05, 0.1) is 0 Å². The molecule has 8 heavy (non-hydrogen) atoms. The van der Waals surface area contributed by atoms with Gasteiger partial charge in [-0.2, -0.15) is 0 Å². The van der Waals surface area contributed by atoms with Gasteiger partial charge < -0.3 is 0 Å². The molecule has 0 amide bonds. The maximum atomic E-state index is 3.17. The summed E-state index contributed by atoms with van der Waals surface area (Å²) in [6.07, 6.45) is 0. The summed E-state index contributed by atoms with van der Waals surface area (Å²) in [4.78, 5) is 0. The van der Waals surface area contributed by atoms with E-state index in [4.69, 9.17) is 0 Å². The molecule has 0 saturated carbocycles. The first kappa shape index (κ1) is 11.6. The van der Waals surface area contributed by atoms with Crippen molar-refractivity contribution >= 4 is 42.8 Å². The van der Waals surface area contributed by atoms with Crippen molar-refractivity contribution in [1.29, 1.82) is 0 Å². The third-order valence-electron chi connectivity index (χ3n) is 0.500. The van der Waals surface area contributed by atoms with E-state index >= 15 is 0 Å². The molecule has 0 saturated heterocycles. The van der Waals surface area contributed by atoms with Gasteiger partial charge in [-0.05, 0) is 0 Å². The maximum absolute atomic E-state index is 3.17. The molecule has 0 aromatic carbocycles. The van der Waals surface area contributed by atoms with Crippen molar-refractivity contribution < 1.29 is 0 Å². The first-order valence-corrected chi connectivity index (χ1v) is 6.00. The van der Waals surface area contributed by atoms with Gasteiger partial charge in [-0.1, -0.05) is 0 Å². The average molecular weight is 185 g/mol. The Morgan fingerprint density at radius 1 is 1.25 bits per heavy atom. The molecular formula is C5H10BrLiSi. The van der Waals surface area contributed by atoms with Crippen molar-refractivity contribution in [2.45, 2.75) is 19.6 Å². The van der Waals surface area contributed by atoms with Crippen molar-refractivity contribution in [2.75, 3.05) is 0 Å². The van der Waals surface area contributed by atoms with Crippen LogP contribution in [0.1, 0.15) is 0 Å². The van der Waals surface area contributed by atoms with Gasteiger partial charge in [0.1, 0.15) is 0 Å². The zero-order valence-corrected chi connectivity index (χ0v) is 8.62. The van der Waals surface area contributed by atoms with E-state index in [2.05, 4.69) is 29.8 Å². The van der Waals surface area contributed by atoms with Crippen LogP contribution in [-0.2, 0) is 0 Å². The fourth-order valence-electron chi connectivity index (χ4n) is 0.375. The van der Waals surface area contributed by atoms with Gasteiger partial charge in [-0.3, -0.25) is 0 Å². The van der Waals surface area contributed by atoms with Crippen molar-refractivity contribution in [3.05, 3.63) is 0 Å². The van der Waals surface area contributed by atoms with Crippen molar-refractivity contribution in [1.82, 2.24) is 0 Å². The standard InChI is InChI=1S/C5H9Si.BrH.Li/c1-5-6(2,3)4;;/h2-4H3;1H;. The van der Waals surface area contributed by atoms with Crippen LogP contribution in [0.3, 0.4) is 0 Å². The Kier molecular flexibility index (Phi) is 6.84. The van der Waals surface area contributed by atoms with Crippen LogP contribution in [0.4, 0.5) is 0 Å². The number of halogens is 1. The van der Waals surface area contributed by atoms with Crippen molar-refractivity contribution in [3.63, 3.8) is 0 Å². The molecule has 42 valence electrons. The first-order valence-electron chi connectivity index (χ1n) is 2.50. The predicted molar refractivity (Wildman–Crippen MR) is 47.2 cm³/mol. The summed E-state index contributed by atoms with van der Waals surface area (Å²) in [6.45, 7) is 6.72. The van der Waals surface area contributed by atoms with E-state index < -0.39 is 8.07 Å². The van der Waals surface area contributed by atoms with Crippen LogP contribution >= 0.6 is 17.0 Å². The summed E-state index contributed by atoms with van der Waals surface area (Å²) in [5.41, 5.74) is 3.17. The normalized spacial score (nSPS) is 8.62. The number of rotatable bonds is 0. The average Bonchev–Trinajstić information content (AvgIpc) is 1.30. The third kappa shape index (κ3) is 9.97. The molecule has 0 aliphatic rings. The monoisotopic (exact) mass is 184 g/mol. The van der Waals surface area contributed by atoms with E-state index in [1.807, 2.05) is 17.7 Å². The van der Waals surface area contributed by atoms with E-state index in [0.717, 1.165) is 0 Å². The Morgan fingerprint density at radius 2 is 1.62 bits per heavy atom. The van der Waals surface area contributed by atoms with Crippen LogP contribution in [0.2, 0.25) is 19.6 Å². The van der Waals surface area contributed by atoms with E-state index in [1.165, 1.54) is 0 Å². The summed E-state index contributed by atoms with van der Waals surface area (Å²) in [7, 11) is -1.02. The molecular weight excluding hydrogens is 175 g/mol. The van der Waals surface area contributed by atoms with E-state index in [9.17, 15) is 0 Å². The second-order valence-electron chi connectivity index (χ2n) is 2.62. The van der Waals surface area contributed by atoms with Crippen LogP contribution in [0.25, 0.3) is 0 Å². The second kappa shape index (κ2) is 4.71. The molecule has 0 rings (SSSR count). The van der Waals surface area contributed by atoms with E-state index in [1.54, 1.807) is 0 Å².